The Bertz CT molecular complexity index is 575. The number of aryl methyl sites for hydroxylation is 1. The molecule has 1 aromatic carbocycles. The molecule has 4 N–H and O–H groups in total. The van der Waals surface area contributed by atoms with Gasteiger partial charge in [0.1, 0.15) is 0 Å². The van der Waals surface area contributed by atoms with Gasteiger partial charge in [0.2, 0.25) is 5.91 Å². The molecule has 1 unspecified atom stereocenters. The van der Waals surface area contributed by atoms with Gasteiger partial charge in [0, 0.05) is 26.6 Å². The van der Waals surface area contributed by atoms with Crippen molar-refractivity contribution in [3.63, 3.8) is 0 Å². The molecule has 1 heterocycles. The first-order valence-electron chi connectivity index (χ1n) is 5.67. The Balaban J connectivity index is 2.22. The van der Waals surface area contributed by atoms with E-state index in [1.54, 1.807) is 6.33 Å². The molecule has 2 aromatic rings. The molecule has 6 nitrogen and oxygen atoms in total. The predicted molar refractivity (Wildman–Crippen MR) is 69.2 cm³/mol. The third-order valence-corrected chi connectivity index (χ3v) is 2.97. The van der Waals surface area contributed by atoms with Gasteiger partial charge in [-0.1, -0.05) is 6.07 Å². The van der Waals surface area contributed by atoms with E-state index in [9.17, 15) is 4.79 Å². The molecule has 0 aliphatic heterocycles. The van der Waals surface area contributed by atoms with Crippen molar-refractivity contribution in [1.82, 2.24) is 14.6 Å². The molecular formula is C12H17N5O. The Morgan fingerprint density at radius 3 is 2.94 bits per heavy atom. The SMILES string of the molecule is CN(N)C(=O)CC(N)c1ccc2c(c1)ncn2C. The van der Waals surface area contributed by atoms with Crippen LogP contribution in [0.2, 0.25) is 0 Å². The van der Waals surface area contributed by atoms with Crippen LogP contribution in [0.5, 0.6) is 0 Å². The van der Waals surface area contributed by atoms with Crippen molar-refractivity contribution in [1.29, 1.82) is 0 Å². The highest BCUT2D eigenvalue weighted by molar-refractivity contribution is 5.78. The third kappa shape index (κ3) is 2.34. The molecular weight excluding hydrogens is 230 g/mol. The molecule has 1 atom stereocenters. The van der Waals surface area contributed by atoms with E-state index in [4.69, 9.17) is 11.6 Å². The van der Waals surface area contributed by atoms with Crippen molar-refractivity contribution in [2.24, 2.45) is 18.6 Å². The van der Waals surface area contributed by atoms with Crippen LogP contribution in [0.15, 0.2) is 24.5 Å². The van der Waals surface area contributed by atoms with Crippen molar-refractivity contribution >= 4 is 16.9 Å². The van der Waals surface area contributed by atoms with Gasteiger partial charge in [-0.05, 0) is 17.7 Å². The zero-order valence-corrected chi connectivity index (χ0v) is 10.5. The molecule has 2 rings (SSSR count). The fourth-order valence-corrected chi connectivity index (χ4v) is 1.83. The molecule has 18 heavy (non-hydrogen) atoms. The van der Waals surface area contributed by atoms with Gasteiger partial charge in [-0.25, -0.2) is 10.8 Å². The summed E-state index contributed by atoms with van der Waals surface area (Å²) in [5.74, 6) is 5.18. The average molecular weight is 247 g/mol. The molecule has 6 heteroatoms. The molecule has 1 aromatic heterocycles. The fourth-order valence-electron chi connectivity index (χ4n) is 1.83. The summed E-state index contributed by atoms with van der Waals surface area (Å²) in [7, 11) is 3.44. The minimum atomic E-state index is -0.366. The molecule has 96 valence electrons. The Hall–Kier alpha value is -1.92. The molecule has 0 spiro atoms. The van der Waals surface area contributed by atoms with E-state index in [0.29, 0.717) is 0 Å². The normalized spacial score (nSPS) is 12.7. The highest BCUT2D eigenvalue weighted by Crippen LogP contribution is 2.20. The fraction of sp³-hybridized carbons (Fsp3) is 0.333. The van der Waals surface area contributed by atoms with Crippen LogP contribution in [0.4, 0.5) is 0 Å². The van der Waals surface area contributed by atoms with Crippen molar-refractivity contribution in [3.8, 4) is 0 Å². The number of aromatic nitrogens is 2. The Morgan fingerprint density at radius 2 is 2.28 bits per heavy atom. The molecule has 0 radical (unpaired) electrons. The number of hydrogen-bond acceptors (Lipinski definition) is 4. The zero-order chi connectivity index (χ0) is 13.3. The summed E-state index contributed by atoms with van der Waals surface area (Å²) in [5.41, 5.74) is 8.79. The maximum atomic E-state index is 11.5. The van der Waals surface area contributed by atoms with Gasteiger partial charge in [0.05, 0.1) is 17.4 Å². The van der Waals surface area contributed by atoms with Crippen LogP contribution >= 0.6 is 0 Å². The number of benzene rings is 1. The number of fused-ring (bicyclic) bond motifs is 1. The van der Waals surface area contributed by atoms with E-state index in [1.165, 1.54) is 7.05 Å². The van der Waals surface area contributed by atoms with Gasteiger partial charge in [-0.2, -0.15) is 0 Å². The molecule has 0 aliphatic rings. The van der Waals surface area contributed by atoms with Crippen LogP contribution in [0.1, 0.15) is 18.0 Å². The van der Waals surface area contributed by atoms with Gasteiger partial charge in [-0.3, -0.25) is 9.80 Å². The van der Waals surface area contributed by atoms with E-state index in [-0.39, 0.29) is 18.4 Å². The molecule has 0 saturated heterocycles. The van der Waals surface area contributed by atoms with Crippen molar-refractivity contribution < 1.29 is 4.79 Å². The van der Waals surface area contributed by atoms with Crippen molar-refractivity contribution in [3.05, 3.63) is 30.1 Å². The smallest absolute Gasteiger partial charge is 0.238 e. The number of carbonyl (C=O) groups excluding carboxylic acids is 1. The van der Waals surface area contributed by atoms with Crippen LogP contribution in [-0.2, 0) is 11.8 Å². The largest absolute Gasteiger partial charge is 0.334 e. The summed E-state index contributed by atoms with van der Waals surface area (Å²) in [5, 5.41) is 1.05. The number of imidazole rings is 1. The summed E-state index contributed by atoms with van der Waals surface area (Å²) in [6, 6.07) is 5.41. The summed E-state index contributed by atoms with van der Waals surface area (Å²) in [6.45, 7) is 0. The van der Waals surface area contributed by atoms with Crippen molar-refractivity contribution in [2.75, 3.05) is 7.05 Å². The number of carbonyl (C=O) groups is 1. The number of rotatable bonds is 3. The number of amides is 1. The Kier molecular flexibility index (Phi) is 3.31. The zero-order valence-electron chi connectivity index (χ0n) is 10.5. The predicted octanol–water partition coefficient (Wildman–Crippen LogP) is 0.295. The van der Waals surface area contributed by atoms with Gasteiger partial charge in [0.15, 0.2) is 0 Å². The topological polar surface area (TPSA) is 90.2 Å². The number of nitrogens with two attached hydrogens (primary N) is 2. The molecule has 0 saturated carbocycles. The molecule has 0 fully saturated rings. The van der Waals surface area contributed by atoms with Gasteiger partial charge < -0.3 is 10.3 Å². The first kappa shape index (κ1) is 12.5. The standard InChI is InChI=1S/C12H17N5O/c1-16-7-15-10-5-8(3-4-11(10)16)9(13)6-12(18)17(2)14/h3-5,7,9H,6,13-14H2,1-2H3. The molecule has 0 bridgehead atoms. The average Bonchev–Trinajstić information content (AvgIpc) is 2.70. The first-order chi connectivity index (χ1) is 8.49. The second kappa shape index (κ2) is 4.75. The maximum Gasteiger partial charge on any atom is 0.238 e. The summed E-state index contributed by atoms with van der Waals surface area (Å²) in [4.78, 5) is 15.8. The van der Waals surface area contributed by atoms with Gasteiger partial charge >= 0.3 is 0 Å². The Labute approximate surface area is 105 Å². The first-order valence-corrected chi connectivity index (χ1v) is 5.67. The lowest BCUT2D eigenvalue weighted by atomic mass is 10.0. The summed E-state index contributed by atoms with van der Waals surface area (Å²) in [6.07, 6.45) is 1.93. The molecule has 0 aliphatic carbocycles. The van der Waals surface area contributed by atoms with E-state index in [1.807, 2.05) is 29.8 Å². The van der Waals surface area contributed by atoms with E-state index >= 15 is 0 Å². The van der Waals surface area contributed by atoms with Crippen LogP contribution < -0.4 is 11.6 Å². The highest BCUT2D eigenvalue weighted by Gasteiger charge is 2.14. The minimum Gasteiger partial charge on any atom is -0.334 e. The van der Waals surface area contributed by atoms with E-state index < -0.39 is 0 Å². The Morgan fingerprint density at radius 1 is 1.56 bits per heavy atom. The second-order valence-electron chi connectivity index (χ2n) is 4.42. The number of hydrazine groups is 1. The van der Waals surface area contributed by atoms with Gasteiger partial charge in [-0.15, -0.1) is 0 Å². The highest BCUT2D eigenvalue weighted by atomic mass is 16.2. The minimum absolute atomic E-state index is 0.186. The summed E-state index contributed by atoms with van der Waals surface area (Å²) < 4.78 is 1.93. The van der Waals surface area contributed by atoms with Crippen LogP contribution in [0, 0.1) is 0 Å². The van der Waals surface area contributed by atoms with Crippen LogP contribution in [-0.4, -0.2) is 27.5 Å². The van der Waals surface area contributed by atoms with Gasteiger partial charge in [0.25, 0.3) is 0 Å². The lowest BCUT2D eigenvalue weighted by Gasteiger charge is -2.15. The third-order valence-electron chi connectivity index (χ3n) is 2.97. The van der Waals surface area contributed by atoms with Crippen molar-refractivity contribution in [2.45, 2.75) is 12.5 Å². The maximum absolute atomic E-state index is 11.5. The lowest BCUT2D eigenvalue weighted by Crippen LogP contribution is -2.35. The number of hydrogen-bond donors (Lipinski definition) is 2. The lowest BCUT2D eigenvalue weighted by molar-refractivity contribution is -0.130. The number of nitrogens with zero attached hydrogens (tertiary/aromatic N) is 3. The quantitative estimate of drug-likeness (QED) is 0.463. The van der Waals surface area contributed by atoms with Crippen LogP contribution in [0.25, 0.3) is 11.0 Å². The van der Waals surface area contributed by atoms with E-state index in [0.717, 1.165) is 21.6 Å². The summed E-state index contributed by atoms with van der Waals surface area (Å²) >= 11 is 0. The van der Waals surface area contributed by atoms with E-state index in [2.05, 4.69) is 4.98 Å². The second-order valence-corrected chi connectivity index (χ2v) is 4.42. The molecule has 1 amide bonds. The monoisotopic (exact) mass is 247 g/mol. The van der Waals surface area contributed by atoms with Crippen LogP contribution in [0.3, 0.4) is 0 Å².